The molecule has 0 heterocycles. The summed E-state index contributed by atoms with van der Waals surface area (Å²) in [5.74, 6) is -2.06. The van der Waals surface area contributed by atoms with Crippen LogP contribution in [0.1, 0.15) is 76.6 Å². The SMILES string of the molecule is CCC(C)(C)C(O)C(=O)NC1CCC(NC(=O)C[C@H](NC(C)=O)C(N)=O)c2ccccc21. The summed E-state index contributed by atoms with van der Waals surface area (Å²) in [5.41, 5.74) is 6.46. The van der Waals surface area contributed by atoms with Crippen molar-refractivity contribution in [3.8, 4) is 0 Å². The Morgan fingerprint density at radius 1 is 1.09 bits per heavy atom. The number of carbonyl (C=O) groups excluding carboxylic acids is 4. The molecule has 4 atom stereocenters. The van der Waals surface area contributed by atoms with Crippen molar-refractivity contribution in [1.29, 1.82) is 0 Å². The van der Waals surface area contributed by atoms with Crippen LogP contribution in [-0.4, -0.2) is 40.9 Å². The third kappa shape index (κ3) is 6.29. The molecule has 1 aliphatic rings. The Labute approximate surface area is 188 Å². The highest BCUT2D eigenvalue weighted by Crippen LogP contribution is 2.36. The molecule has 3 unspecified atom stereocenters. The number of nitrogens with one attached hydrogen (secondary N) is 3. The average molecular weight is 447 g/mol. The monoisotopic (exact) mass is 446 g/mol. The molecule has 0 fully saturated rings. The van der Waals surface area contributed by atoms with Crippen LogP contribution in [0, 0.1) is 5.41 Å². The average Bonchev–Trinajstić information content (AvgIpc) is 2.73. The van der Waals surface area contributed by atoms with Crippen molar-refractivity contribution in [3.63, 3.8) is 0 Å². The normalized spacial score (nSPS) is 19.8. The summed E-state index contributed by atoms with van der Waals surface area (Å²) < 4.78 is 0. The van der Waals surface area contributed by atoms with E-state index in [-0.39, 0.29) is 18.5 Å². The summed E-state index contributed by atoms with van der Waals surface area (Å²) in [4.78, 5) is 48.0. The van der Waals surface area contributed by atoms with E-state index >= 15 is 0 Å². The maximum absolute atomic E-state index is 12.6. The number of carbonyl (C=O) groups is 4. The highest BCUT2D eigenvalue weighted by atomic mass is 16.3. The molecule has 0 saturated carbocycles. The van der Waals surface area contributed by atoms with E-state index in [0.29, 0.717) is 19.3 Å². The molecule has 1 aliphatic carbocycles. The van der Waals surface area contributed by atoms with Gasteiger partial charge in [-0.25, -0.2) is 0 Å². The Bertz CT molecular complexity index is 870. The van der Waals surface area contributed by atoms with Gasteiger partial charge in [0.1, 0.15) is 12.1 Å². The number of primary amides is 1. The second-order valence-corrected chi connectivity index (χ2v) is 8.99. The van der Waals surface area contributed by atoms with Gasteiger partial charge < -0.3 is 26.8 Å². The van der Waals surface area contributed by atoms with E-state index in [9.17, 15) is 24.3 Å². The lowest BCUT2D eigenvalue weighted by Gasteiger charge is -2.35. The molecule has 32 heavy (non-hydrogen) atoms. The number of fused-ring (bicyclic) bond motifs is 1. The summed E-state index contributed by atoms with van der Waals surface area (Å²) in [6.07, 6.45) is 0.394. The van der Waals surface area contributed by atoms with Crippen LogP contribution in [0.4, 0.5) is 0 Å². The fraction of sp³-hybridized carbons (Fsp3) is 0.565. The van der Waals surface area contributed by atoms with Gasteiger partial charge in [-0.15, -0.1) is 0 Å². The van der Waals surface area contributed by atoms with E-state index in [1.54, 1.807) is 0 Å². The fourth-order valence-corrected chi connectivity index (χ4v) is 3.80. The van der Waals surface area contributed by atoms with Gasteiger partial charge in [0.15, 0.2) is 0 Å². The molecular formula is C23H34N4O5. The molecule has 176 valence electrons. The van der Waals surface area contributed by atoms with Gasteiger partial charge in [-0.3, -0.25) is 19.2 Å². The van der Waals surface area contributed by atoms with Crippen molar-refractivity contribution in [2.75, 3.05) is 0 Å². The first-order chi connectivity index (χ1) is 15.0. The van der Waals surface area contributed by atoms with Gasteiger partial charge in [0, 0.05) is 6.92 Å². The first-order valence-corrected chi connectivity index (χ1v) is 10.9. The lowest BCUT2D eigenvalue weighted by atomic mass is 9.81. The minimum absolute atomic E-state index is 0.258. The Hall–Kier alpha value is -2.94. The first kappa shape index (κ1) is 25.3. The number of nitrogens with two attached hydrogens (primary N) is 1. The lowest BCUT2D eigenvalue weighted by molar-refractivity contribution is -0.136. The van der Waals surface area contributed by atoms with E-state index < -0.39 is 41.2 Å². The molecule has 0 radical (unpaired) electrons. The zero-order valence-electron chi connectivity index (χ0n) is 19.1. The number of hydrogen-bond donors (Lipinski definition) is 5. The molecule has 2 rings (SSSR count). The second kappa shape index (κ2) is 10.6. The minimum atomic E-state index is -1.13. The Morgan fingerprint density at radius 2 is 1.62 bits per heavy atom. The maximum Gasteiger partial charge on any atom is 0.249 e. The first-order valence-electron chi connectivity index (χ1n) is 10.9. The molecule has 9 nitrogen and oxygen atoms in total. The van der Waals surface area contributed by atoms with E-state index in [4.69, 9.17) is 5.73 Å². The minimum Gasteiger partial charge on any atom is -0.383 e. The standard InChI is InChI=1S/C23H34N4O5/c1-5-23(3,4)20(30)22(32)27-17-11-10-16(14-8-6-7-9-15(14)17)26-19(29)12-18(21(24)31)25-13(2)28/h6-9,16-18,20,30H,5,10-12H2,1-4H3,(H2,24,31)(H,25,28)(H,26,29)(H,27,32)/t16?,17?,18-,20?/m0/s1. The van der Waals surface area contributed by atoms with Gasteiger partial charge >= 0.3 is 0 Å². The van der Waals surface area contributed by atoms with Crippen LogP contribution >= 0.6 is 0 Å². The van der Waals surface area contributed by atoms with E-state index in [2.05, 4.69) is 16.0 Å². The van der Waals surface area contributed by atoms with Gasteiger partial charge in [-0.05, 0) is 35.8 Å². The molecule has 9 heteroatoms. The predicted octanol–water partition coefficient (Wildman–Crippen LogP) is 0.972. The molecule has 0 aliphatic heterocycles. The van der Waals surface area contributed by atoms with Crippen LogP contribution < -0.4 is 21.7 Å². The summed E-state index contributed by atoms with van der Waals surface area (Å²) >= 11 is 0. The predicted molar refractivity (Wildman–Crippen MR) is 119 cm³/mol. The fourth-order valence-electron chi connectivity index (χ4n) is 3.80. The molecule has 0 bridgehead atoms. The molecule has 6 N–H and O–H groups in total. The van der Waals surface area contributed by atoms with Crippen LogP contribution in [0.3, 0.4) is 0 Å². The van der Waals surface area contributed by atoms with Crippen LogP contribution in [0.5, 0.6) is 0 Å². The number of amides is 4. The summed E-state index contributed by atoms with van der Waals surface area (Å²) in [5, 5.41) is 18.7. The smallest absolute Gasteiger partial charge is 0.249 e. The molecule has 0 saturated heterocycles. The number of aliphatic hydroxyl groups is 1. The van der Waals surface area contributed by atoms with Crippen molar-refractivity contribution >= 4 is 23.6 Å². The highest BCUT2D eigenvalue weighted by molar-refractivity contribution is 5.90. The third-order valence-electron chi connectivity index (χ3n) is 6.15. The van der Waals surface area contributed by atoms with E-state index in [0.717, 1.165) is 11.1 Å². The summed E-state index contributed by atoms with van der Waals surface area (Å²) in [7, 11) is 0. The maximum atomic E-state index is 12.6. The molecular weight excluding hydrogens is 412 g/mol. The third-order valence-corrected chi connectivity index (χ3v) is 6.15. The molecule has 1 aromatic carbocycles. The van der Waals surface area contributed by atoms with Gasteiger partial charge in [0.25, 0.3) is 0 Å². The van der Waals surface area contributed by atoms with Crippen molar-refractivity contribution < 1.29 is 24.3 Å². The number of rotatable bonds is 9. The number of hydrogen-bond acceptors (Lipinski definition) is 5. The van der Waals surface area contributed by atoms with Crippen molar-refractivity contribution in [2.24, 2.45) is 11.1 Å². The van der Waals surface area contributed by atoms with E-state index in [1.165, 1.54) is 6.92 Å². The number of aliphatic hydroxyl groups excluding tert-OH is 1. The quantitative estimate of drug-likeness (QED) is 0.383. The topological polar surface area (TPSA) is 151 Å². The summed E-state index contributed by atoms with van der Waals surface area (Å²) in [6.45, 7) is 6.86. The lowest BCUT2D eigenvalue weighted by Crippen LogP contribution is -2.47. The highest BCUT2D eigenvalue weighted by Gasteiger charge is 2.35. The van der Waals surface area contributed by atoms with Crippen molar-refractivity contribution in [3.05, 3.63) is 35.4 Å². The Morgan fingerprint density at radius 3 is 2.09 bits per heavy atom. The Balaban J connectivity index is 2.11. The zero-order chi connectivity index (χ0) is 24.1. The van der Waals surface area contributed by atoms with Gasteiger partial charge in [0.2, 0.25) is 23.6 Å². The molecule has 1 aromatic rings. The Kier molecular flexibility index (Phi) is 8.38. The molecule has 0 aromatic heterocycles. The van der Waals surface area contributed by atoms with Crippen LogP contribution in [0.2, 0.25) is 0 Å². The van der Waals surface area contributed by atoms with E-state index in [1.807, 2.05) is 45.0 Å². The second-order valence-electron chi connectivity index (χ2n) is 8.99. The van der Waals surface area contributed by atoms with Crippen molar-refractivity contribution in [1.82, 2.24) is 16.0 Å². The van der Waals surface area contributed by atoms with Crippen LogP contribution in [-0.2, 0) is 19.2 Å². The van der Waals surface area contributed by atoms with Crippen LogP contribution in [0.25, 0.3) is 0 Å². The van der Waals surface area contributed by atoms with Gasteiger partial charge in [0.05, 0.1) is 18.5 Å². The summed E-state index contributed by atoms with van der Waals surface area (Å²) in [6, 6.07) is 5.79. The van der Waals surface area contributed by atoms with Crippen LogP contribution in [0.15, 0.2) is 24.3 Å². The largest absolute Gasteiger partial charge is 0.383 e. The van der Waals surface area contributed by atoms with Gasteiger partial charge in [-0.1, -0.05) is 45.0 Å². The number of benzene rings is 1. The molecule has 0 spiro atoms. The zero-order valence-corrected chi connectivity index (χ0v) is 19.1. The molecule has 4 amide bonds. The van der Waals surface area contributed by atoms with Crippen molar-refractivity contribution in [2.45, 2.75) is 77.6 Å². The van der Waals surface area contributed by atoms with Gasteiger partial charge in [-0.2, -0.15) is 0 Å².